The van der Waals surface area contributed by atoms with Gasteiger partial charge in [-0.2, -0.15) is 0 Å². The van der Waals surface area contributed by atoms with Crippen LogP contribution in [0.15, 0.2) is 47.4 Å². The molecular formula is C18H22N2O3. The van der Waals surface area contributed by atoms with Crippen molar-refractivity contribution in [2.24, 2.45) is 5.41 Å². The van der Waals surface area contributed by atoms with Crippen LogP contribution in [-0.4, -0.2) is 42.3 Å². The first-order valence-electron chi connectivity index (χ1n) is 8.23. The molecule has 0 saturated carbocycles. The molecule has 5 heteroatoms. The summed E-state index contributed by atoms with van der Waals surface area (Å²) in [6.45, 7) is 4.47. The SMILES string of the molecule is c1ccc(OC[C@@]23CCO[C@@H]2CCN(Cc2ccoc2)C3)nc1. The summed E-state index contributed by atoms with van der Waals surface area (Å²) >= 11 is 0. The van der Waals surface area contributed by atoms with Crippen LogP contribution in [0, 0.1) is 5.41 Å². The van der Waals surface area contributed by atoms with Crippen molar-refractivity contribution in [3.05, 3.63) is 48.6 Å². The lowest BCUT2D eigenvalue weighted by Gasteiger charge is -2.43. The Kier molecular flexibility index (Phi) is 4.06. The minimum atomic E-state index is 0.0690. The molecule has 2 fully saturated rings. The van der Waals surface area contributed by atoms with E-state index >= 15 is 0 Å². The molecule has 2 aromatic heterocycles. The van der Waals surface area contributed by atoms with Crippen LogP contribution in [0.2, 0.25) is 0 Å². The van der Waals surface area contributed by atoms with Crippen molar-refractivity contribution in [1.82, 2.24) is 9.88 Å². The van der Waals surface area contributed by atoms with E-state index in [-0.39, 0.29) is 5.41 Å². The molecule has 0 unspecified atom stereocenters. The number of rotatable bonds is 5. The molecule has 122 valence electrons. The molecule has 23 heavy (non-hydrogen) atoms. The van der Waals surface area contributed by atoms with E-state index in [1.54, 1.807) is 12.5 Å². The summed E-state index contributed by atoms with van der Waals surface area (Å²) in [6, 6.07) is 7.80. The van der Waals surface area contributed by atoms with Crippen molar-refractivity contribution >= 4 is 0 Å². The Morgan fingerprint density at radius 1 is 1.35 bits per heavy atom. The molecule has 0 amide bonds. The minimum Gasteiger partial charge on any atom is -0.477 e. The van der Waals surface area contributed by atoms with Gasteiger partial charge in [-0.25, -0.2) is 4.98 Å². The number of fused-ring (bicyclic) bond motifs is 1. The van der Waals surface area contributed by atoms with Crippen LogP contribution in [0.3, 0.4) is 0 Å². The number of piperidine rings is 1. The van der Waals surface area contributed by atoms with Gasteiger partial charge < -0.3 is 13.9 Å². The topological polar surface area (TPSA) is 47.7 Å². The predicted molar refractivity (Wildman–Crippen MR) is 85.1 cm³/mol. The summed E-state index contributed by atoms with van der Waals surface area (Å²) in [5, 5.41) is 0. The molecule has 4 rings (SSSR count). The molecule has 2 aliphatic heterocycles. The zero-order valence-electron chi connectivity index (χ0n) is 13.2. The summed E-state index contributed by atoms with van der Waals surface area (Å²) in [5.74, 6) is 0.694. The van der Waals surface area contributed by atoms with Gasteiger partial charge in [0, 0.05) is 49.5 Å². The van der Waals surface area contributed by atoms with Gasteiger partial charge in [0.05, 0.1) is 25.2 Å². The molecule has 2 aliphatic rings. The molecule has 0 N–H and O–H groups in total. The van der Waals surface area contributed by atoms with Crippen molar-refractivity contribution in [2.75, 3.05) is 26.3 Å². The van der Waals surface area contributed by atoms with Crippen LogP contribution in [-0.2, 0) is 11.3 Å². The van der Waals surface area contributed by atoms with E-state index in [1.165, 1.54) is 5.56 Å². The van der Waals surface area contributed by atoms with Gasteiger partial charge in [-0.3, -0.25) is 4.90 Å². The third-order valence-corrected chi connectivity index (χ3v) is 4.98. The molecule has 2 atom stereocenters. The fourth-order valence-electron chi connectivity index (χ4n) is 3.77. The molecule has 0 spiro atoms. The maximum atomic E-state index is 6.00. The molecule has 0 aromatic carbocycles. The molecule has 2 saturated heterocycles. The second kappa shape index (κ2) is 6.34. The highest BCUT2D eigenvalue weighted by atomic mass is 16.5. The molecule has 0 aliphatic carbocycles. The standard InChI is InChI=1S/C18H22N2O3/c1-2-7-19-17(3-1)23-14-18-6-10-22-16(18)4-8-20(13-18)11-15-5-9-21-12-15/h1-3,5,7,9,12,16H,4,6,8,10-11,13-14H2/t16-,18+/m1/s1. The Bertz CT molecular complexity index is 616. The lowest BCUT2D eigenvalue weighted by Crippen LogP contribution is -2.52. The monoisotopic (exact) mass is 314 g/mol. The summed E-state index contributed by atoms with van der Waals surface area (Å²) in [4.78, 5) is 6.75. The largest absolute Gasteiger partial charge is 0.477 e. The highest BCUT2D eigenvalue weighted by Gasteiger charge is 2.48. The summed E-state index contributed by atoms with van der Waals surface area (Å²) in [5.41, 5.74) is 1.29. The van der Waals surface area contributed by atoms with Gasteiger partial charge in [-0.1, -0.05) is 6.07 Å². The average molecular weight is 314 g/mol. The lowest BCUT2D eigenvalue weighted by atomic mass is 9.77. The van der Waals surface area contributed by atoms with E-state index in [4.69, 9.17) is 13.9 Å². The first-order valence-corrected chi connectivity index (χ1v) is 8.23. The number of nitrogens with zero attached hydrogens (tertiary/aromatic N) is 2. The Morgan fingerprint density at radius 3 is 3.17 bits per heavy atom. The van der Waals surface area contributed by atoms with Crippen LogP contribution in [0.4, 0.5) is 0 Å². The fourth-order valence-corrected chi connectivity index (χ4v) is 3.77. The molecule has 0 bridgehead atoms. The van der Waals surface area contributed by atoms with E-state index in [2.05, 4.69) is 9.88 Å². The number of hydrogen-bond donors (Lipinski definition) is 0. The third-order valence-electron chi connectivity index (χ3n) is 4.98. The van der Waals surface area contributed by atoms with Gasteiger partial charge in [0.15, 0.2) is 0 Å². The van der Waals surface area contributed by atoms with Crippen molar-refractivity contribution in [3.63, 3.8) is 0 Å². The molecular weight excluding hydrogens is 292 g/mol. The van der Waals surface area contributed by atoms with Gasteiger partial charge in [0.25, 0.3) is 0 Å². The second-order valence-electron chi connectivity index (χ2n) is 6.56. The predicted octanol–water partition coefficient (Wildman–Crippen LogP) is 2.73. The zero-order chi connectivity index (χ0) is 15.5. The Morgan fingerprint density at radius 2 is 2.35 bits per heavy atom. The lowest BCUT2D eigenvalue weighted by molar-refractivity contribution is -0.0420. The van der Waals surface area contributed by atoms with Crippen molar-refractivity contribution < 1.29 is 13.9 Å². The highest BCUT2D eigenvalue weighted by Crippen LogP contribution is 2.41. The van der Waals surface area contributed by atoms with Crippen molar-refractivity contribution in [3.8, 4) is 5.88 Å². The normalized spacial score (nSPS) is 27.7. The van der Waals surface area contributed by atoms with E-state index in [9.17, 15) is 0 Å². The number of aromatic nitrogens is 1. The van der Waals surface area contributed by atoms with Gasteiger partial charge in [0.2, 0.25) is 5.88 Å². The van der Waals surface area contributed by atoms with Crippen LogP contribution in [0.1, 0.15) is 18.4 Å². The van der Waals surface area contributed by atoms with Crippen LogP contribution in [0.25, 0.3) is 0 Å². The minimum absolute atomic E-state index is 0.0690. The quantitative estimate of drug-likeness (QED) is 0.849. The molecule has 4 heterocycles. The molecule has 5 nitrogen and oxygen atoms in total. The number of furan rings is 1. The van der Waals surface area contributed by atoms with Crippen LogP contribution >= 0.6 is 0 Å². The van der Waals surface area contributed by atoms with Crippen LogP contribution < -0.4 is 4.74 Å². The van der Waals surface area contributed by atoms with E-state index in [1.807, 2.05) is 30.5 Å². The molecule has 2 aromatic rings. The first-order chi connectivity index (χ1) is 11.3. The number of likely N-dealkylation sites (tertiary alicyclic amines) is 1. The molecule has 0 radical (unpaired) electrons. The van der Waals surface area contributed by atoms with E-state index < -0.39 is 0 Å². The smallest absolute Gasteiger partial charge is 0.213 e. The summed E-state index contributed by atoms with van der Waals surface area (Å²) in [7, 11) is 0. The highest BCUT2D eigenvalue weighted by molar-refractivity contribution is 5.11. The zero-order valence-corrected chi connectivity index (χ0v) is 13.2. The summed E-state index contributed by atoms with van der Waals surface area (Å²) < 4.78 is 17.2. The number of pyridine rings is 1. The fraction of sp³-hybridized carbons (Fsp3) is 0.500. The van der Waals surface area contributed by atoms with Crippen molar-refractivity contribution in [1.29, 1.82) is 0 Å². The Labute approximate surface area is 136 Å². The second-order valence-corrected chi connectivity index (χ2v) is 6.56. The van der Waals surface area contributed by atoms with Crippen molar-refractivity contribution in [2.45, 2.75) is 25.5 Å². The average Bonchev–Trinajstić information content (AvgIpc) is 3.23. The van der Waals surface area contributed by atoms with Gasteiger partial charge in [-0.05, 0) is 25.0 Å². The van der Waals surface area contributed by atoms with Crippen LogP contribution in [0.5, 0.6) is 5.88 Å². The number of hydrogen-bond acceptors (Lipinski definition) is 5. The Hall–Kier alpha value is -1.85. The Balaban J connectivity index is 1.44. The van der Waals surface area contributed by atoms with Gasteiger partial charge in [-0.15, -0.1) is 0 Å². The maximum absolute atomic E-state index is 6.00. The van der Waals surface area contributed by atoms with E-state index in [0.29, 0.717) is 18.6 Å². The van der Waals surface area contributed by atoms with E-state index in [0.717, 1.165) is 39.1 Å². The van der Waals surface area contributed by atoms with Gasteiger partial charge in [0.1, 0.15) is 0 Å². The third kappa shape index (κ3) is 3.12. The first kappa shape index (κ1) is 14.7. The van der Waals surface area contributed by atoms with Gasteiger partial charge >= 0.3 is 0 Å². The summed E-state index contributed by atoms with van der Waals surface area (Å²) in [6.07, 6.45) is 7.74. The maximum Gasteiger partial charge on any atom is 0.213 e. The number of ether oxygens (including phenoxy) is 2.